The number of carbonyl (C=O) groups is 2. The Hall–Kier alpha value is -3.67. The molecule has 0 spiro atoms. The van der Waals surface area contributed by atoms with Gasteiger partial charge in [0.1, 0.15) is 5.82 Å². The molecule has 31 heavy (non-hydrogen) atoms. The van der Waals surface area contributed by atoms with Gasteiger partial charge in [-0.3, -0.25) is 9.59 Å². The van der Waals surface area contributed by atoms with E-state index in [0.29, 0.717) is 36.4 Å². The lowest BCUT2D eigenvalue weighted by atomic mass is 10.1. The topological polar surface area (TPSA) is 52.7 Å². The van der Waals surface area contributed by atoms with Crippen molar-refractivity contribution in [2.75, 3.05) is 36.4 Å². The van der Waals surface area contributed by atoms with Crippen LogP contribution in [-0.2, 0) is 0 Å². The fraction of sp³-hybridized carbons (Fsp3) is 0.200. The highest BCUT2D eigenvalue weighted by Crippen LogP contribution is 2.19. The van der Waals surface area contributed by atoms with Crippen molar-refractivity contribution < 1.29 is 14.0 Å². The first-order valence-corrected chi connectivity index (χ1v) is 10.4. The minimum atomic E-state index is -0.251. The summed E-state index contributed by atoms with van der Waals surface area (Å²) in [4.78, 5) is 29.3. The molecule has 0 saturated carbocycles. The Bertz CT molecular complexity index is 1040. The van der Waals surface area contributed by atoms with Crippen molar-refractivity contribution in [3.63, 3.8) is 0 Å². The number of halogens is 1. The lowest BCUT2D eigenvalue weighted by molar-refractivity contribution is 0.0767. The van der Waals surface area contributed by atoms with Gasteiger partial charge in [0, 0.05) is 48.7 Å². The fourth-order valence-electron chi connectivity index (χ4n) is 3.70. The molecule has 0 unspecified atom stereocenters. The molecular weight excluding hydrogens is 393 g/mol. The molecule has 0 aliphatic carbocycles. The molecule has 1 aliphatic rings. The average Bonchev–Trinajstić information content (AvgIpc) is 3.06. The Morgan fingerprint density at radius 1 is 0.742 bits per heavy atom. The lowest BCUT2D eigenvalue weighted by Crippen LogP contribution is -2.35. The van der Waals surface area contributed by atoms with E-state index in [1.54, 1.807) is 48.5 Å². The number of amides is 2. The molecule has 5 nitrogen and oxygen atoms in total. The highest BCUT2D eigenvalue weighted by Gasteiger charge is 2.20. The zero-order chi connectivity index (χ0) is 21.6. The van der Waals surface area contributed by atoms with Gasteiger partial charge in [-0.1, -0.05) is 18.2 Å². The second-order valence-corrected chi connectivity index (χ2v) is 7.51. The number of nitrogens with one attached hydrogen (secondary N) is 1. The van der Waals surface area contributed by atoms with Crippen molar-refractivity contribution >= 4 is 23.2 Å². The number of carbonyl (C=O) groups excluding carboxylic acids is 2. The van der Waals surface area contributed by atoms with Crippen LogP contribution in [0.3, 0.4) is 0 Å². The summed E-state index contributed by atoms with van der Waals surface area (Å²) in [5.41, 5.74) is 2.78. The Balaban J connectivity index is 1.36. The van der Waals surface area contributed by atoms with Crippen LogP contribution in [0.4, 0.5) is 15.8 Å². The third kappa shape index (κ3) is 5.09. The second-order valence-electron chi connectivity index (χ2n) is 7.51. The molecule has 2 amide bonds. The third-order valence-corrected chi connectivity index (χ3v) is 5.40. The summed E-state index contributed by atoms with van der Waals surface area (Å²) < 4.78 is 13.2. The molecule has 4 rings (SSSR count). The first-order valence-electron chi connectivity index (χ1n) is 10.4. The van der Waals surface area contributed by atoms with Gasteiger partial charge in [-0.15, -0.1) is 0 Å². The highest BCUT2D eigenvalue weighted by molar-refractivity contribution is 6.04. The summed E-state index contributed by atoms with van der Waals surface area (Å²) in [7, 11) is 0. The van der Waals surface area contributed by atoms with Crippen LogP contribution < -0.4 is 10.2 Å². The van der Waals surface area contributed by atoms with Gasteiger partial charge in [-0.05, 0) is 67.1 Å². The van der Waals surface area contributed by atoms with E-state index >= 15 is 0 Å². The van der Waals surface area contributed by atoms with E-state index in [2.05, 4.69) is 10.2 Å². The molecule has 1 N–H and O–H groups in total. The summed E-state index contributed by atoms with van der Waals surface area (Å²) in [5.74, 6) is -0.464. The van der Waals surface area contributed by atoms with Crippen LogP contribution in [-0.4, -0.2) is 42.9 Å². The zero-order valence-corrected chi connectivity index (χ0v) is 17.1. The van der Waals surface area contributed by atoms with Gasteiger partial charge >= 0.3 is 0 Å². The fourth-order valence-corrected chi connectivity index (χ4v) is 3.70. The predicted octanol–water partition coefficient (Wildman–Crippen LogP) is 4.43. The number of nitrogens with zero attached hydrogens (tertiary/aromatic N) is 2. The smallest absolute Gasteiger partial charge is 0.255 e. The van der Waals surface area contributed by atoms with Crippen molar-refractivity contribution in [2.24, 2.45) is 0 Å². The van der Waals surface area contributed by atoms with E-state index in [1.807, 2.05) is 23.1 Å². The van der Waals surface area contributed by atoms with E-state index in [1.165, 1.54) is 12.1 Å². The first kappa shape index (κ1) is 20.6. The average molecular weight is 417 g/mol. The molecule has 6 heteroatoms. The van der Waals surface area contributed by atoms with Gasteiger partial charge in [-0.2, -0.15) is 0 Å². The van der Waals surface area contributed by atoms with Gasteiger partial charge in [0.15, 0.2) is 0 Å². The summed E-state index contributed by atoms with van der Waals surface area (Å²) >= 11 is 0. The normalized spacial score (nSPS) is 14.1. The molecular formula is C25H24FN3O2. The van der Waals surface area contributed by atoms with E-state index < -0.39 is 0 Å². The van der Waals surface area contributed by atoms with E-state index in [0.717, 1.165) is 18.7 Å². The molecule has 0 atom stereocenters. The zero-order valence-electron chi connectivity index (χ0n) is 17.1. The van der Waals surface area contributed by atoms with Crippen molar-refractivity contribution in [3.05, 3.63) is 95.8 Å². The third-order valence-electron chi connectivity index (χ3n) is 5.40. The van der Waals surface area contributed by atoms with Gasteiger partial charge < -0.3 is 15.1 Å². The second kappa shape index (κ2) is 9.43. The largest absolute Gasteiger partial charge is 0.370 e. The minimum Gasteiger partial charge on any atom is -0.370 e. The van der Waals surface area contributed by atoms with Crippen molar-refractivity contribution in [1.82, 2.24) is 4.90 Å². The minimum absolute atomic E-state index is 0.0260. The number of benzene rings is 3. The highest BCUT2D eigenvalue weighted by atomic mass is 19.1. The summed E-state index contributed by atoms with van der Waals surface area (Å²) in [6.45, 7) is 2.79. The molecule has 0 bridgehead atoms. The lowest BCUT2D eigenvalue weighted by Gasteiger charge is -2.24. The van der Waals surface area contributed by atoms with Crippen LogP contribution in [0.2, 0.25) is 0 Å². The molecule has 3 aromatic rings. The van der Waals surface area contributed by atoms with E-state index in [9.17, 15) is 14.0 Å². The van der Waals surface area contributed by atoms with E-state index in [-0.39, 0.29) is 17.6 Å². The van der Waals surface area contributed by atoms with Crippen LogP contribution in [0.1, 0.15) is 27.1 Å². The number of rotatable bonds is 4. The van der Waals surface area contributed by atoms with Crippen LogP contribution in [0.25, 0.3) is 0 Å². The van der Waals surface area contributed by atoms with Gasteiger partial charge in [-0.25, -0.2) is 4.39 Å². The maximum Gasteiger partial charge on any atom is 0.255 e. The Morgan fingerprint density at radius 3 is 2.16 bits per heavy atom. The molecule has 1 aliphatic heterocycles. The molecule has 158 valence electrons. The van der Waals surface area contributed by atoms with E-state index in [4.69, 9.17) is 0 Å². The summed E-state index contributed by atoms with van der Waals surface area (Å²) in [6, 6.07) is 22.4. The van der Waals surface area contributed by atoms with Gasteiger partial charge in [0.25, 0.3) is 11.8 Å². The van der Waals surface area contributed by atoms with Crippen LogP contribution >= 0.6 is 0 Å². The Labute approximate surface area is 181 Å². The molecule has 1 saturated heterocycles. The maximum atomic E-state index is 13.2. The molecule has 3 aromatic carbocycles. The Kier molecular flexibility index (Phi) is 6.26. The summed E-state index contributed by atoms with van der Waals surface area (Å²) in [5, 5.41) is 2.84. The quantitative estimate of drug-likeness (QED) is 0.683. The Morgan fingerprint density at radius 2 is 1.45 bits per heavy atom. The number of hydrogen-bond donors (Lipinski definition) is 1. The maximum absolute atomic E-state index is 13.2. The van der Waals surface area contributed by atoms with Crippen molar-refractivity contribution in [3.8, 4) is 0 Å². The number of anilines is 2. The van der Waals surface area contributed by atoms with Gasteiger partial charge in [0.05, 0.1) is 0 Å². The number of hydrogen-bond acceptors (Lipinski definition) is 3. The van der Waals surface area contributed by atoms with Crippen LogP contribution in [0.15, 0.2) is 78.9 Å². The van der Waals surface area contributed by atoms with Crippen LogP contribution in [0.5, 0.6) is 0 Å². The van der Waals surface area contributed by atoms with Crippen molar-refractivity contribution in [2.45, 2.75) is 6.42 Å². The SMILES string of the molecule is O=C(Nc1ccc(C(=O)N2CCCN(c3ccc(F)cc3)CC2)cc1)c1ccccc1. The molecule has 0 radical (unpaired) electrons. The van der Waals surface area contributed by atoms with Gasteiger partial charge in [0.2, 0.25) is 0 Å². The summed E-state index contributed by atoms with van der Waals surface area (Å²) in [6.07, 6.45) is 0.842. The monoisotopic (exact) mass is 417 g/mol. The molecule has 0 aromatic heterocycles. The molecule has 1 fully saturated rings. The molecule has 1 heterocycles. The standard InChI is InChI=1S/C25H24FN3O2/c26-21-9-13-23(14-10-21)28-15-4-16-29(18-17-28)25(31)20-7-11-22(12-8-20)27-24(30)19-5-2-1-3-6-19/h1-3,5-14H,4,15-18H2,(H,27,30). The first-order chi connectivity index (χ1) is 15.1. The van der Waals surface area contributed by atoms with Crippen LogP contribution in [0, 0.1) is 5.82 Å². The van der Waals surface area contributed by atoms with Crippen molar-refractivity contribution in [1.29, 1.82) is 0 Å². The predicted molar refractivity (Wildman–Crippen MR) is 120 cm³/mol.